The van der Waals surface area contributed by atoms with Crippen LogP contribution in [-0.4, -0.2) is 33.6 Å². The van der Waals surface area contributed by atoms with Crippen LogP contribution in [0.25, 0.3) is 0 Å². The normalized spacial score (nSPS) is 11.3. The average molecular weight is 456 g/mol. The van der Waals surface area contributed by atoms with E-state index in [9.17, 15) is 18.0 Å². The summed E-state index contributed by atoms with van der Waals surface area (Å²) in [7, 11) is -2.18. The van der Waals surface area contributed by atoms with Crippen LogP contribution in [0.2, 0.25) is 0 Å². The van der Waals surface area contributed by atoms with Gasteiger partial charge in [-0.15, -0.1) is 0 Å². The number of methoxy groups -OCH3 is 1. The van der Waals surface area contributed by atoms with E-state index in [-0.39, 0.29) is 17.2 Å². The molecule has 32 heavy (non-hydrogen) atoms. The largest absolute Gasteiger partial charge is 0.497 e. The maximum atomic E-state index is 12.2. The zero-order valence-electron chi connectivity index (χ0n) is 16.9. The summed E-state index contributed by atoms with van der Waals surface area (Å²) in [6, 6.07) is 17.6. The van der Waals surface area contributed by atoms with Gasteiger partial charge < -0.3 is 14.5 Å². The second kappa shape index (κ2) is 10.4. The summed E-state index contributed by atoms with van der Waals surface area (Å²) in [5.41, 5.74) is 2.47. The van der Waals surface area contributed by atoms with Crippen molar-refractivity contribution < 1.29 is 27.2 Å². The Hall–Kier alpha value is -3.96. The smallest absolute Gasteiger partial charge is 0.329 e. The molecule has 10 nitrogen and oxygen atoms in total. The topological polar surface area (TPSA) is 139 Å². The first-order valence-corrected chi connectivity index (χ1v) is 10.8. The van der Waals surface area contributed by atoms with Gasteiger partial charge in [0.05, 0.1) is 24.8 Å². The summed E-state index contributed by atoms with van der Waals surface area (Å²) < 4.78 is 37.3. The van der Waals surface area contributed by atoms with Crippen molar-refractivity contribution >= 4 is 33.7 Å². The lowest BCUT2D eigenvalue weighted by Gasteiger charge is -2.05. The SMILES string of the molecule is COc1cccc(NC(=O)C(=O)N/N=C/c2ccc(CNS(=O)(=O)c3ccccc3)o2)c1. The number of hydrogen-bond donors (Lipinski definition) is 3. The molecule has 11 heteroatoms. The van der Waals surface area contributed by atoms with E-state index in [2.05, 4.69) is 20.6 Å². The highest BCUT2D eigenvalue weighted by Crippen LogP contribution is 2.16. The van der Waals surface area contributed by atoms with Gasteiger partial charge in [0.15, 0.2) is 0 Å². The molecule has 0 spiro atoms. The van der Waals surface area contributed by atoms with Crippen molar-refractivity contribution in [2.75, 3.05) is 12.4 Å². The third-order valence-corrected chi connectivity index (χ3v) is 5.48. The number of furan rings is 1. The standard InChI is InChI=1S/C21H20N4O6S/c1-30-16-7-5-6-15(12-16)24-20(26)21(27)25-22-13-17-10-11-18(31-17)14-23-32(28,29)19-8-3-2-4-9-19/h2-13,23H,14H2,1H3,(H,24,26)(H,25,27)/b22-13+. The van der Waals surface area contributed by atoms with Crippen molar-refractivity contribution in [2.45, 2.75) is 11.4 Å². The number of amides is 2. The van der Waals surface area contributed by atoms with Gasteiger partial charge in [-0.2, -0.15) is 5.10 Å². The van der Waals surface area contributed by atoms with Gasteiger partial charge in [-0.25, -0.2) is 18.6 Å². The van der Waals surface area contributed by atoms with Crippen LogP contribution in [0.5, 0.6) is 5.75 Å². The first-order valence-electron chi connectivity index (χ1n) is 9.29. The van der Waals surface area contributed by atoms with Gasteiger partial charge in [-0.05, 0) is 36.4 Å². The summed E-state index contributed by atoms with van der Waals surface area (Å²) in [5, 5.41) is 6.09. The highest BCUT2D eigenvalue weighted by atomic mass is 32.2. The number of anilines is 1. The van der Waals surface area contributed by atoms with E-state index in [1.54, 1.807) is 48.5 Å². The lowest BCUT2D eigenvalue weighted by molar-refractivity contribution is -0.136. The zero-order valence-corrected chi connectivity index (χ0v) is 17.8. The van der Waals surface area contributed by atoms with E-state index in [0.29, 0.717) is 17.2 Å². The molecule has 0 saturated heterocycles. The summed E-state index contributed by atoms with van der Waals surface area (Å²) in [5.74, 6) is -0.765. The Balaban J connectivity index is 1.50. The highest BCUT2D eigenvalue weighted by molar-refractivity contribution is 7.89. The number of carbonyl (C=O) groups excluding carboxylic acids is 2. The maximum absolute atomic E-state index is 12.2. The van der Waals surface area contributed by atoms with Gasteiger partial charge in [-0.1, -0.05) is 24.3 Å². The third kappa shape index (κ3) is 6.27. The van der Waals surface area contributed by atoms with Gasteiger partial charge in [0, 0.05) is 11.8 Å². The number of ether oxygens (including phenoxy) is 1. The van der Waals surface area contributed by atoms with Crippen molar-refractivity contribution in [3.63, 3.8) is 0 Å². The van der Waals surface area contributed by atoms with Gasteiger partial charge in [0.2, 0.25) is 10.0 Å². The van der Waals surface area contributed by atoms with Gasteiger partial charge in [-0.3, -0.25) is 9.59 Å². The molecule has 3 N–H and O–H groups in total. The Morgan fingerprint density at radius 3 is 2.56 bits per heavy atom. The minimum Gasteiger partial charge on any atom is -0.497 e. The van der Waals surface area contributed by atoms with Crippen molar-refractivity contribution in [2.24, 2.45) is 5.10 Å². The van der Waals surface area contributed by atoms with Gasteiger partial charge in [0.1, 0.15) is 17.3 Å². The summed E-state index contributed by atoms with van der Waals surface area (Å²) in [6.07, 6.45) is 1.19. The van der Waals surface area contributed by atoms with Crippen LogP contribution in [0.1, 0.15) is 11.5 Å². The number of sulfonamides is 1. The fraction of sp³-hybridized carbons (Fsp3) is 0.0952. The molecular formula is C21H20N4O6S. The first-order chi connectivity index (χ1) is 15.4. The second-order valence-electron chi connectivity index (χ2n) is 6.33. The summed E-state index contributed by atoms with van der Waals surface area (Å²) in [6.45, 7) is -0.0691. The molecule has 1 aromatic heterocycles. The lowest BCUT2D eigenvalue weighted by Crippen LogP contribution is -2.32. The van der Waals surface area contributed by atoms with Crippen LogP contribution in [0.4, 0.5) is 5.69 Å². The molecule has 0 aliphatic rings. The molecule has 0 unspecified atom stereocenters. The van der Waals surface area contributed by atoms with Crippen LogP contribution in [-0.2, 0) is 26.2 Å². The van der Waals surface area contributed by atoms with Gasteiger partial charge in [0.25, 0.3) is 0 Å². The number of nitrogens with one attached hydrogen (secondary N) is 3. The average Bonchev–Trinajstić information content (AvgIpc) is 3.26. The molecule has 0 fully saturated rings. The molecule has 3 aromatic rings. The van der Waals surface area contributed by atoms with E-state index < -0.39 is 21.8 Å². The Labute approximate surface area is 184 Å². The molecule has 2 aromatic carbocycles. The minimum atomic E-state index is -3.67. The first kappa shape index (κ1) is 22.7. The predicted octanol–water partition coefficient (Wildman–Crippen LogP) is 1.86. The molecule has 2 amide bonds. The van der Waals surface area contributed by atoms with Gasteiger partial charge >= 0.3 is 11.8 Å². The molecule has 0 radical (unpaired) electrons. The molecule has 0 saturated carbocycles. The van der Waals surface area contributed by atoms with E-state index in [0.717, 1.165) is 0 Å². The number of carbonyl (C=O) groups is 2. The summed E-state index contributed by atoms with van der Waals surface area (Å²) >= 11 is 0. The minimum absolute atomic E-state index is 0.0691. The highest BCUT2D eigenvalue weighted by Gasteiger charge is 2.15. The van der Waals surface area contributed by atoms with Crippen LogP contribution >= 0.6 is 0 Å². The Bertz CT molecular complexity index is 1220. The van der Waals surface area contributed by atoms with Crippen LogP contribution in [0, 0.1) is 0 Å². The molecule has 0 bridgehead atoms. The fourth-order valence-corrected chi connectivity index (χ4v) is 3.52. The quantitative estimate of drug-likeness (QED) is 0.269. The van der Waals surface area contributed by atoms with Crippen LogP contribution in [0.3, 0.4) is 0 Å². The van der Waals surface area contributed by atoms with Crippen molar-refractivity contribution in [3.05, 3.63) is 78.3 Å². The van der Waals surface area contributed by atoms with E-state index in [1.165, 1.54) is 31.5 Å². The molecule has 0 aliphatic carbocycles. The van der Waals surface area contributed by atoms with Crippen molar-refractivity contribution in [3.8, 4) is 5.75 Å². The van der Waals surface area contributed by atoms with E-state index in [4.69, 9.17) is 9.15 Å². The third-order valence-electron chi connectivity index (χ3n) is 4.06. The number of hydrazone groups is 1. The molecule has 0 atom stereocenters. The fourth-order valence-electron chi connectivity index (χ4n) is 2.50. The Morgan fingerprint density at radius 1 is 1.03 bits per heavy atom. The molecule has 3 rings (SSSR count). The van der Waals surface area contributed by atoms with E-state index >= 15 is 0 Å². The van der Waals surface area contributed by atoms with Crippen molar-refractivity contribution in [1.29, 1.82) is 0 Å². The maximum Gasteiger partial charge on any atom is 0.329 e. The molecular weight excluding hydrogens is 436 g/mol. The number of nitrogens with zero attached hydrogens (tertiary/aromatic N) is 1. The lowest BCUT2D eigenvalue weighted by atomic mass is 10.3. The summed E-state index contributed by atoms with van der Waals surface area (Å²) in [4.78, 5) is 23.9. The molecule has 1 heterocycles. The molecule has 0 aliphatic heterocycles. The van der Waals surface area contributed by atoms with E-state index in [1.807, 2.05) is 0 Å². The molecule has 166 valence electrons. The number of rotatable bonds is 8. The number of hydrogen-bond acceptors (Lipinski definition) is 7. The monoisotopic (exact) mass is 456 g/mol. The van der Waals surface area contributed by atoms with Crippen molar-refractivity contribution in [1.82, 2.24) is 10.1 Å². The number of benzene rings is 2. The second-order valence-corrected chi connectivity index (χ2v) is 8.09. The van der Waals surface area contributed by atoms with Crippen LogP contribution in [0.15, 0.2) is 81.1 Å². The Morgan fingerprint density at radius 2 is 1.81 bits per heavy atom. The Kier molecular flexibility index (Phi) is 7.37. The predicted molar refractivity (Wildman–Crippen MR) is 117 cm³/mol. The van der Waals surface area contributed by atoms with Crippen LogP contribution < -0.4 is 20.2 Å². The zero-order chi connectivity index (χ0) is 23.0.